The first-order valence-corrected chi connectivity index (χ1v) is 10.1. The van der Waals surface area contributed by atoms with E-state index in [9.17, 15) is 9.00 Å². The van der Waals surface area contributed by atoms with Gasteiger partial charge in [0.1, 0.15) is 11.5 Å². The summed E-state index contributed by atoms with van der Waals surface area (Å²) in [5.74, 6) is 1.18. The van der Waals surface area contributed by atoms with E-state index < -0.39 is 10.8 Å². The minimum Gasteiger partial charge on any atom is -0.350 e. The fourth-order valence-corrected chi connectivity index (χ4v) is 3.49. The second-order valence-corrected chi connectivity index (χ2v) is 7.65. The van der Waals surface area contributed by atoms with Gasteiger partial charge < -0.3 is 9.88 Å². The third-order valence-electron chi connectivity index (χ3n) is 4.29. The molecule has 1 unspecified atom stereocenters. The summed E-state index contributed by atoms with van der Waals surface area (Å²) in [5, 5.41) is 2.86. The fraction of sp³-hybridized carbons (Fsp3) is 0.444. The molecule has 128 valence electrons. The number of nitrogens with one attached hydrogen (secondary N) is 1. The minimum absolute atomic E-state index is 0.159. The Bertz CT molecular complexity index is 740. The van der Waals surface area contributed by atoms with E-state index in [2.05, 4.69) is 14.9 Å². The molecule has 2 heterocycles. The van der Waals surface area contributed by atoms with Crippen LogP contribution in [0, 0.1) is 0 Å². The smallest absolute Gasteiger partial charge is 0.271 e. The summed E-state index contributed by atoms with van der Waals surface area (Å²) >= 11 is 0. The summed E-state index contributed by atoms with van der Waals surface area (Å²) in [4.78, 5) is 17.2. The second-order valence-electron chi connectivity index (χ2n) is 6.09. The van der Waals surface area contributed by atoms with E-state index in [1.807, 2.05) is 30.3 Å². The SMILES string of the molecule is CS(=O)CCNC(=O)c1nc(-c2ccccc2)n2c1CCCCC2. The van der Waals surface area contributed by atoms with Gasteiger partial charge in [-0.05, 0) is 19.3 Å². The number of amides is 1. The van der Waals surface area contributed by atoms with Gasteiger partial charge in [-0.25, -0.2) is 4.98 Å². The molecule has 1 N–H and O–H groups in total. The van der Waals surface area contributed by atoms with Gasteiger partial charge in [-0.1, -0.05) is 36.8 Å². The van der Waals surface area contributed by atoms with Gasteiger partial charge in [0.25, 0.3) is 5.91 Å². The largest absolute Gasteiger partial charge is 0.350 e. The molecule has 0 fully saturated rings. The Hall–Kier alpha value is -1.95. The maximum Gasteiger partial charge on any atom is 0.271 e. The Morgan fingerprint density at radius 2 is 2.04 bits per heavy atom. The number of fused-ring (bicyclic) bond motifs is 1. The van der Waals surface area contributed by atoms with Crippen molar-refractivity contribution in [3.05, 3.63) is 41.7 Å². The van der Waals surface area contributed by atoms with Crippen molar-refractivity contribution in [2.75, 3.05) is 18.6 Å². The Morgan fingerprint density at radius 1 is 1.25 bits per heavy atom. The summed E-state index contributed by atoms with van der Waals surface area (Å²) in [6.07, 6.45) is 5.88. The van der Waals surface area contributed by atoms with Gasteiger partial charge >= 0.3 is 0 Å². The van der Waals surface area contributed by atoms with Gasteiger partial charge in [-0.3, -0.25) is 9.00 Å². The van der Waals surface area contributed by atoms with Gasteiger partial charge in [0, 0.05) is 41.5 Å². The zero-order valence-electron chi connectivity index (χ0n) is 14.0. The summed E-state index contributed by atoms with van der Waals surface area (Å²) in [5.41, 5.74) is 2.59. The average Bonchev–Trinajstić information content (AvgIpc) is 2.77. The van der Waals surface area contributed by atoms with Crippen LogP contribution in [0.25, 0.3) is 11.4 Å². The molecule has 0 bridgehead atoms. The van der Waals surface area contributed by atoms with E-state index in [1.54, 1.807) is 6.26 Å². The lowest BCUT2D eigenvalue weighted by molar-refractivity contribution is 0.0950. The fourth-order valence-electron chi connectivity index (χ4n) is 3.10. The van der Waals surface area contributed by atoms with Gasteiger partial charge in [-0.15, -0.1) is 0 Å². The predicted molar refractivity (Wildman–Crippen MR) is 96.5 cm³/mol. The highest BCUT2D eigenvalue weighted by molar-refractivity contribution is 7.84. The summed E-state index contributed by atoms with van der Waals surface area (Å²) < 4.78 is 13.4. The standard InChI is InChI=1S/C18H23N3O2S/c1-24(23)13-11-19-18(22)16-15-10-6-3-7-12-21(15)17(20-16)14-8-4-2-5-9-14/h2,4-5,8-9H,3,6-7,10-13H2,1H3,(H,19,22). The van der Waals surface area contributed by atoms with Crippen LogP contribution in [-0.2, 0) is 23.8 Å². The van der Waals surface area contributed by atoms with Crippen LogP contribution < -0.4 is 5.32 Å². The predicted octanol–water partition coefficient (Wildman–Crippen LogP) is 2.38. The molecule has 1 aromatic heterocycles. The first-order chi connectivity index (χ1) is 11.7. The molecule has 0 saturated heterocycles. The van der Waals surface area contributed by atoms with Gasteiger partial charge in [0.05, 0.1) is 5.69 Å². The van der Waals surface area contributed by atoms with Crippen LogP contribution in [0.4, 0.5) is 0 Å². The molecular formula is C18H23N3O2S. The Labute approximate surface area is 144 Å². The normalized spacial score (nSPS) is 15.4. The van der Waals surface area contributed by atoms with E-state index in [-0.39, 0.29) is 5.91 Å². The Morgan fingerprint density at radius 3 is 2.79 bits per heavy atom. The lowest BCUT2D eigenvalue weighted by Crippen LogP contribution is -2.28. The van der Waals surface area contributed by atoms with Crippen molar-refractivity contribution in [3.63, 3.8) is 0 Å². The van der Waals surface area contributed by atoms with Crippen LogP contribution in [0.5, 0.6) is 0 Å². The van der Waals surface area contributed by atoms with Crippen LogP contribution in [-0.4, -0.2) is 38.2 Å². The van der Waals surface area contributed by atoms with Crippen molar-refractivity contribution >= 4 is 16.7 Å². The number of benzene rings is 1. The lowest BCUT2D eigenvalue weighted by Gasteiger charge is -2.09. The summed E-state index contributed by atoms with van der Waals surface area (Å²) in [6.45, 7) is 1.31. The van der Waals surface area contributed by atoms with Crippen molar-refractivity contribution in [1.29, 1.82) is 0 Å². The van der Waals surface area contributed by atoms with Crippen LogP contribution >= 0.6 is 0 Å². The molecule has 5 nitrogen and oxygen atoms in total. The number of rotatable bonds is 5. The molecule has 0 radical (unpaired) electrons. The quantitative estimate of drug-likeness (QED) is 0.905. The number of nitrogens with zero attached hydrogens (tertiary/aromatic N) is 2. The average molecular weight is 345 g/mol. The maximum atomic E-state index is 12.6. The Kier molecular flexibility index (Phi) is 5.45. The highest BCUT2D eigenvalue weighted by atomic mass is 32.2. The van der Waals surface area contributed by atoms with Crippen molar-refractivity contribution in [2.45, 2.75) is 32.2 Å². The zero-order chi connectivity index (χ0) is 16.9. The topological polar surface area (TPSA) is 64.0 Å². The number of hydrogen-bond acceptors (Lipinski definition) is 3. The molecule has 24 heavy (non-hydrogen) atoms. The van der Waals surface area contributed by atoms with Crippen LogP contribution in [0.1, 0.15) is 35.4 Å². The second kappa shape index (κ2) is 7.75. The zero-order valence-corrected chi connectivity index (χ0v) is 14.8. The molecule has 1 aromatic carbocycles. The molecule has 3 rings (SSSR count). The van der Waals surface area contributed by atoms with Crippen molar-refractivity contribution < 1.29 is 9.00 Å². The number of carbonyl (C=O) groups is 1. The van der Waals surface area contributed by atoms with Crippen LogP contribution in [0.3, 0.4) is 0 Å². The van der Waals surface area contributed by atoms with E-state index in [0.717, 1.165) is 42.9 Å². The highest BCUT2D eigenvalue weighted by Gasteiger charge is 2.23. The van der Waals surface area contributed by atoms with Crippen molar-refractivity contribution in [3.8, 4) is 11.4 Å². The van der Waals surface area contributed by atoms with E-state index >= 15 is 0 Å². The molecule has 1 amide bonds. The molecule has 1 aliphatic heterocycles. The van der Waals surface area contributed by atoms with E-state index in [1.165, 1.54) is 6.42 Å². The highest BCUT2D eigenvalue weighted by Crippen LogP contribution is 2.27. The molecule has 0 saturated carbocycles. The molecule has 1 aliphatic rings. The van der Waals surface area contributed by atoms with Crippen LogP contribution in [0.15, 0.2) is 30.3 Å². The summed E-state index contributed by atoms with van der Waals surface area (Å²) in [7, 11) is -0.908. The molecule has 6 heteroatoms. The summed E-state index contributed by atoms with van der Waals surface area (Å²) in [6, 6.07) is 10.0. The first kappa shape index (κ1) is 16.9. The number of aromatic nitrogens is 2. The first-order valence-electron chi connectivity index (χ1n) is 8.40. The maximum absolute atomic E-state index is 12.6. The molecule has 0 spiro atoms. The molecule has 1 atom stereocenters. The lowest BCUT2D eigenvalue weighted by atomic mass is 10.1. The van der Waals surface area contributed by atoms with Crippen molar-refractivity contribution in [1.82, 2.24) is 14.9 Å². The Balaban J connectivity index is 1.93. The van der Waals surface area contributed by atoms with E-state index in [4.69, 9.17) is 0 Å². The number of hydrogen-bond donors (Lipinski definition) is 1. The van der Waals surface area contributed by atoms with Gasteiger partial charge in [-0.2, -0.15) is 0 Å². The monoisotopic (exact) mass is 345 g/mol. The third-order valence-corrected chi connectivity index (χ3v) is 5.07. The number of carbonyl (C=O) groups excluding carboxylic acids is 1. The third kappa shape index (κ3) is 3.75. The van der Waals surface area contributed by atoms with Gasteiger partial charge in [0.15, 0.2) is 0 Å². The molecular weight excluding hydrogens is 322 g/mol. The van der Waals surface area contributed by atoms with Gasteiger partial charge in [0.2, 0.25) is 0 Å². The van der Waals surface area contributed by atoms with Crippen LogP contribution in [0.2, 0.25) is 0 Å². The molecule has 0 aliphatic carbocycles. The number of imidazole rings is 1. The van der Waals surface area contributed by atoms with Crippen molar-refractivity contribution in [2.24, 2.45) is 0 Å². The minimum atomic E-state index is -0.908. The van der Waals surface area contributed by atoms with E-state index in [0.29, 0.717) is 18.0 Å². The molecule has 2 aromatic rings.